The van der Waals surface area contributed by atoms with E-state index in [1.54, 1.807) is 12.1 Å². The Morgan fingerprint density at radius 2 is 2.25 bits per heavy atom. The van der Waals surface area contributed by atoms with Crippen LogP contribution in [0.4, 0.5) is 0 Å². The number of ether oxygens (including phenoxy) is 2. The highest BCUT2D eigenvalue weighted by Gasteiger charge is 2.32. The average Bonchev–Trinajstić information content (AvgIpc) is 2.87. The van der Waals surface area contributed by atoms with E-state index in [1.165, 1.54) is 13.3 Å². The molecule has 0 unspecified atom stereocenters. The Kier molecular flexibility index (Phi) is 6.06. The van der Waals surface area contributed by atoms with Crippen LogP contribution in [0, 0.1) is 5.92 Å². The van der Waals surface area contributed by atoms with Gasteiger partial charge in [-0.15, -0.1) is 0 Å². The predicted octanol–water partition coefficient (Wildman–Crippen LogP) is 1.63. The average molecular weight is 375 g/mol. The minimum absolute atomic E-state index is 0.0423. The first-order valence-corrected chi connectivity index (χ1v) is 9.60. The normalized spacial score (nSPS) is 19.4. The first-order chi connectivity index (χ1) is 11.4. The zero-order valence-electron chi connectivity index (χ0n) is 13.4. The molecule has 0 spiro atoms. The van der Waals surface area contributed by atoms with Crippen LogP contribution in [0.3, 0.4) is 0 Å². The van der Waals surface area contributed by atoms with Crippen molar-refractivity contribution in [2.24, 2.45) is 11.0 Å². The minimum Gasteiger partial charge on any atom is -0.491 e. The molecule has 1 amide bonds. The molecule has 2 rings (SSSR count). The Balaban J connectivity index is 2.05. The Labute approximate surface area is 145 Å². The van der Waals surface area contributed by atoms with E-state index < -0.39 is 21.7 Å². The fourth-order valence-corrected chi connectivity index (χ4v) is 4.42. The molecule has 1 N–H and O–H groups in total. The third-order valence-corrected chi connectivity index (χ3v) is 5.58. The van der Waals surface area contributed by atoms with Crippen LogP contribution >= 0.6 is 11.6 Å². The maximum atomic E-state index is 11.9. The van der Waals surface area contributed by atoms with E-state index in [0.29, 0.717) is 35.1 Å². The van der Waals surface area contributed by atoms with Crippen molar-refractivity contribution in [2.75, 3.05) is 25.2 Å². The molecule has 7 nitrogen and oxygen atoms in total. The molecule has 0 aliphatic carbocycles. The number of carbonyl (C=O) groups is 1. The number of nitrogens with one attached hydrogen (secondary N) is 1. The summed E-state index contributed by atoms with van der Waals surface area (Å²) in [6.45, 7) is 2.28. The summed E-state index contributed by atoms with van der Waals surface area (Å²) in [6.07, 6.45) is 1.74. The summed E-state index contributed by atoms with van der Waals surface area (Å²) >= 11 is 6.13. The number of hydrazone groups is 1. The van der Waals surface area contributed by atoms with Gasteiger partial charge in [0.05, 0.1) is 42.4 Å². The third kappa shape index (κ3) is 4.61. The third-order valence-electron chi connectivity index (χ3n) is 3.53. The molecule has 1 heterocycles. The van der Waals surface area contributed by atoms with Crippen LogP contribution in [-0.4, -0.2) is 45.8 Å². The van der Waals surface area contributed by atoms with Gasteiger partial charge in [0.1, 0.15) is 0 Å². The van der Waals surface area contributed by atoms with Crippen molar-refractivity contribution < 1.29 is 22.7 Å². The topological polar surface area (TPSA) is 94.1 Å². The van der Waals surface area contributed by atoms with E-state index in [1.807, 2.05) is 6.92 Å². The Hall–Kier alpha value is -1.80. The molecule has 1 fully saturated rings. The molecule has 1 aromatic rings. The lowest BCUT2D eigenvalue weighted by atomic mass is 10.1. The second kappa shape index (κ2) is 7.85. The Bertz CT molecular complexity index is 748. The summed E-state index contributed by atoms with van der Waals surface area (Å²) < 4.78 is 33.4. The molecule has 1 aliphatic rings. The molecule has 1 atom stereocenters. The second-order valence-electron chi connectivity index (χ2n) is 5.30. The fourth-order valence-electron chi connectivity index (χ4n) is 2.39. The molecular formula is C15H19ClN2O5S. The molecule has 0 saturated carbocycles. The van der Waals surface area contributed by atoms with Crippen LogP contribution in [0.15, 0.2) is 17.2 Å². The first-order valence-electron chi connectivity index (χ1n) is 7.40. The Morgan fingerprint density at radius 1 is 1.50 bits per heavy atom. The summed E-state index contributed by atoms with van der Waals surface area (Å²) in [5, 5.41) is 4.22. The SMILES string of the molecule is CCOc1cc(/C=N\NC(=O)[C@@H]2CCS(=O)(=O)C2)cc(Cl)c1OC. The van der Waals surface area contributed by atoms with Gasteiger partial charge in [-0.2, -0.15) is 5.10 Å². The smallest absolute Gasteiger partial charge is 0.244 e. The largest absolute Gasteiger partial charge is 0.491 e. The minimum atomic E-state index is -3.10. The van der Waals surface area contributed by atoms with E-state index in [-0.39, 0.29) is 11.5 Å². The fraction of sp³-hybridized carbons (Fsp3) is 0.467. The van der Waals surface area contributed by atoms with Crippen molar-refractivity contribution in [1.82, 2.24) is 5.43 Å². The van der Waals surface area contributed by atoms with Crippen molar-refractivity contribution >= 4 is 33.6 Å². The van der Waals surface area contributed by atoms with Crippen LogP contribution in [-0.2, 0) is 14.6 Å². The zero-order valence-corrected chi connectivity index (χ0v) is 15.0. The van der Waals surface area contributed by atoms with Gasteiger partial charge < -0.3 is 9.47 Å². The number of hydrogen-bond donors (Lipinski definition) is 1. The van der Waals surface area contributed by atoms with Crippen LogP contribution in [0.2, 0.25) is 5.02 Å². The second-order valence-corrected chi connectivity index (χ2v) is 7.94. The number of carbonyl (C=O) groups excluding carboxylic acids is 1. The maximum Gasteiger partial charge on any atom is 0.244 e. The van der Waals surface area contributed by atoms with Crippen LogP contribution in [0.1, 0.15) is 18.9 Å². The van der Waals surface area contributed by atoms with Crippen LogP contribution in [0.25, 0.3) is 0 Å². The molecule has 0 aromatic heterocycles. The summed E-state index contributed by atoms with van der Waals surface area (Å²) in [5.41, 5.74) is 2.98. The molecule has 132 valence electrons. The number of hydrogen-bond acceptors (Lipinski definition) is 6. The quantitative estimate of drug-likeness (QED) is 0.603. The Morgan fingerprint density at radius 3 is 2.83 bits per heavy atom. The van der Waals surface area contributed by atoms with Gasteiger partial charge in [-0.25, -0.2) is 13.8 Å². The van der Waals surface area contributed by atoms with Crippen molar-refractivity contribution in [2.45, 2.75) is 13.3 Å². The van der Waals surface area contributed by atoms with Gasteiger partial charge in [0.25, 0.3) is 0 Å². The van der Waals surface area contributed by atoms with Crippen molar-refractivity contribution in [3.63, 3.8) is 0 Å². The molecule has 1 aromatic carbocycles. The highest BCUT2D eigenvalue weighted by atomic mass is 35.5. The van der Waals surface area contributed by atoms with E-state index in [2.05, 4.69) is 10.5 Å². The summed E-state index contributed by atoms with van der Waals surface area (Å²) in [4.78, 5) is 11.9. The number of rotatable bonds is 6. The van der Waals surface area contributed by atoms with Crippen LogP contribution < -0.4 is 14.9 Å². The lowest BCUT2D eigenvalue weighted by molar-refractivity contribution is -0.124. The molecule has 1 aliphatic heterocycles. The standard InChI is InChI=1S/C15H19ClN2O5S/c1-3-23-13-7-10(6-12(16)14(13)22-2)8-17-18-15(19)11-4-5-24(20,21)9-11/h6-8,11H,3-5,9H2,1-2H3,(H,18,19)/b17-8-/t11-/m1/s1. The highest BCUT2D eigenvalue weighted by Crippen LogP contribution is 2.35. The number of nitrogens with zero attached hydrogens (tertiary/aromatic N) is 1. The number of amides is 1. The molecule has 9 heteroatoms. The van der Waals surface area contributed by atoms with E-state index >= 15 is 0 Å². The van der Waals surface area contributed by atoms with Crippen LogP contribution in [0.5, 0.6) is 11.5 Å². The number of benzene rings is 1. The molecule has 0 bridgehead atoms. The van der Waals surface area contributed by atoms with Gasteiger partial charge in [-0.3, -0.25) is 4.79 Å². The van der Waals surface area contributed by atoms with E-state index in [4.69, 9.17) is 21.1 Å². The lowest BCUT2D eigenvalue weighted by Crippen LogP contribution is -2.27. The lowest BCUT2D eigenvalue weighted by Gasteiger charge is -2.11. The summed E-state index contributed by atoms with van der Waals surface area (Å²) in [7, 11) is -1.61. The van der Waals surface area contributed by atoms with E-state index in [0.717, 1.165) is 0 Å². The molecule has 1 saturated heterocycles. The molecular weight excluding hydrogens is 356 g/mol. The summed E-state index contributed by atoms with van der Waals surface area (Å²) in [6, 6.07) is 3.31. The van der Waals surface area contributed by atoms with Gasteiger partial charge in [-0.1, -0.05) is 11.6 Å². The van der Waals surface area contributed by atoms with Gasteiger partial charge in [0.2, 0.25) is 5.91 Å². The van der Waals surface area contributed by atoms with Crippen molar-refractivity contribution in [3.8, 4) is 11.5 Å². The molecule has 24 heavy (non-hydrogen) atoms. The maximum absolute atomic E-state index is 11.9. The van der Waals surface area contributed by atoms with Crippen molar-refractivity contribution in [3.05, 3.63) is 22.7 Å². The number of halogens is 1. The van der Waals surface area contributed by atoms with E-state index in [9.17, 15) is 13.2 Å². The first kappa shape index (κ1) is 18.5. The summed E-state index contributed by atoms with van der Waals surface area (Å²) in [5.74, 6) is -0.141. The zero-order chi connectivity index (χ0) is 17.7. The van der Waals surface area contributed by atoms with Gasteiger partial charge in [0, 0.05) is 0 Å². The predicted molar refractivity (Wildman–Crippen MR) is 91.7 cm³/mol. The van der Waals surface area contributed by atoms with Crippen molar-refractivity contribution in [1.29, 1.82) is 0 Å². The van der Waals surface area contributed by atoms with Gasteiger partial charge in [-0.05, 0) is 31.0 Å². The van der Waals surface area contributed by atoms with Gasteiger partial charge in [0.15, 0.2) is 21.3 Å². The van der Waals surface area contributed by atoms with Gasteiger partial charge >= 0.3 is 0 Å². The number of sulfone groups is 1. The number of methoxy groups -OCH3 is 1. The highest BCUT2D eigenvalue weighted by molar-refractivity contribution is 7.91. The monoisotopic (exact) mass is 374 g/mol. The molecule has 0 radical (unpaired) electrons.